The van der Waals surface area contributed by atoms with E-state index in [-0.39, 0.29) is 43.6 Å². The molecule has 1 aromatic rings. The molecule has 0 aromatic heterocycles. The molecule has 0 fully saturated rings. The zero-order chi connectivity index (χ0) is 29.1. The summed E-state index contributed by atoms with van der Waals surface area (Å²) in [5, 5.41) is 31.0. The van der Waals surface area contributed by atoms with Gasteiger partial charge in [0.25, 0.3) is 0 Å². The van der Waals surface area contributed by atoms with Gasteiger partial charge in [0, 0.05) is 17.9 Å². The van der Waals surface area contributed by atoms with Gasteiger partial charge in [0.2, 0.25) is 0 Å². The fourth-order valence-corrected chi connectivity index (χ4v) is 3.35. The van der Waals surface area contributed by atoms with Crippen LogP contribution in [0, 0.1) is 24.7 Å². The van der Waals surface area contributed by atoms with E-state index < -0.39 is 17.9 Å². The summed E-state index contributed by atoms with van der Waals surface area (Å²) < 4.78 is 0. The predicted molar refractivity (Wildman–Crippen MR) is 152 cm³/mol. The van der Waals surface area contributed by atoms with Crippen LogP contribution >= 0.6 is 0 Å². The molecule has 0 aliphatic rings. The summed E-state index contributed by atoms with van der Waals surface area (Å²) >= 11 is 0. The first kappa shape index (κ1) is 43.5. The van der Waals surface area contributed by atoms with E-state index in [0.29, 0.717) is 19.3 Å². The Balaban J connectivity index is -0.000000202. The molecule has 0 amide bonds. The van der Waals surface area contributed by atoms with E-state index in [9.17, 15) is 29.7 Å². The van der Waals surface area contributed by atoms with Crippen LogP contribution in [0.5, 0.6) is 0 Å². The maximum absolute atomic E-state index is 10.3. The van der Waals surface area contributed by atoms with Gasteiger partial charge in [-0.1, -0.05) is 116 Å². The number of carboxylic acids is 3. The quantitative estimate of drug-likeness (QED) is 0.280. The molecular formula is C31H53InO6. The molecule has 0 heterocycles. The molecule has 0 saturated carbocycles. The van der Waals surface area contributed by atoms with Crippen LogP contribution in [0.15, 0.2) is 30.3 Å². The van der Waals surface area contributed by atoms with Crippen LogP contribution in [0.3, 0.4) is 0 Å². The number of rotatable bonds is 15. The Hall–Kier alpha value is -1.50. The molecule has 0 aliphatic heterocycles. The van der Waals surface area contributed by atoms with Crippen molar-refractivity contribution in [2.45, 2.75) is 126 Å². The Bertz CT molecular complexity index is 604. The second-order valence-corrected chi connectivity index (χ2v) is 9.35. The third kappa shape index (κ3) is 29.1. The molecule has 216 valence electrons. The Morgan fingerprint density at radius 2 is 0.842 bits per heavy atom. The Morgan fingerprint density at radius 1 is 0.579 bits per heavy atom. The number of hydrogen-bond donors (Lipinski definition) is 0. The third-order valence-corrected chi connectivity index (χ3v) is 6.14. The molecule has 0 spiro atoms. The number of aliphatic carboxylic acids is 3. The predicted octanol–water partition coefficient (Wildman–Crippen LogP) is 4.47. The minimum Gasteiger partial charge on any atom is -0.550 e. The molecule has 38 heavy (non-hydrogen) atoms. The molecule has 1 rings (SSSR count). The molecule has 3 unspecified atom stereocenters. The summed E-state index contributed by atoms with van der Waals surface area (Å²) in [6, 6.07) is 10.3. The molecular weight excluding hydrogens is 583 g/mol. The molecule has 0 bridgehead atoms. The molecule has 6 nitrogen and oxygen atoms in total. The van der Waals surface area contributed by atoms with Crippen molar-refractivity contribution in [3.05, 3.63) is 35.9 Å². The van der Waals surface area contributed by atoms with Crippen molar-refractivity contribution in [1.29, 1.82) is 0 Å². The zero-order valence-corrected chi connectivity index (χ0v) is 28.4. The normalized spacial score (nSPS) is 11.9. The number of unbranched alkanes of at least 4 members (excludes halogenated alkanes) is 3. The van der Waals surface area contributed by atoms with Gasteiger partial charge in [-0.25, -0.2) is 0 Å². The molecule has 0 radical (unpaired) electrons. The third-order valence-electron chi connectivity index (χ3n) is 6.14. The van der Waals surface area contributed by atoms with E-state index in [0.717, 1.165) is 57.8 Å². The fourth-order valence-electron chi connectivity index (χ4n) is 3.35. The first-order chi connectivity index (χ1) is 17.6. The van der Waals surface area contributed by atoms with E-state index in [1.54, 1.807) is 0 Å². The van der Waals surface area contributed by atoms with Crippen molar-refractivity contribution in [2.24, 2.45) is 17.8 Å². The standard InChI is InChI=1S/3C8H16O2.C7H8.In/c3*1-3-5-6-7(4-2)8(9)10;1-7-5-3-2-4-6-7;/h3*7H,3-6H2,1-2H3,(H,9,10);2-6H,1H3;/q;;;;+3/p-3. The van der Waals surface area contributed by atoms with Crippen molar-refractivity contribution in [3.8, 4) is 0 Å². The van der Waals surface area contributed by atoms with Crippen LogP contribution in [0.25, 0.3) is 0 Å². The van der Waals surface area contributed by atoms with Crippen LogP contribution in [0.4, 0.5) is 0 Å². The van der Waals surface area contributed by atoms with E-state index in [1.807, 2.05) is 39.0 Å². The second-order valence-electron chi connectivity index (χ2n) is 9.35. The molecule has 1 aromatic carbocycles. The first-order valence-electron chi connectivity index (χ1n) is 14.2. The van der Waals surface area contributed by atoms with Gasteiger partial charge in [-0.2, -0.15) is 0 Å². The fraction of sp³-hybridized carbons (Fsp3) is 0.710. The monoisotopic (exact) mass is 636 g/mol. The number of aryl methyl sites for hydroxylation is 1. The van der Waals surface area contributed by atoms with E-state index in [1.165, 1.54) is 5.56 Å². The Kier molecular flexibility index (Phi) is 36.3. The summed E-state index contributed by atoms with van der Waals surface area (Å²) in [5.74, 6) is -3.34. The summed E-state index contributed by atoms with van der Waals surface area (Å²) in [7, 11) is 0. The number of carbonyl (C=O) groups is 3. The van der Waals surface area contributed by atoms with E-state index in [4.69, 9.17) is 0 Å². The summed E-state index contributed by atoms with van der Waals surface area (Å²) in [5.41, 5.74) is 1.32. The van der Waals surface area contributed by atoms with Crippen LogP contribution in [0.2, 0.25) is 0 Å². The van der Waals surface area contributed by atoms with E-state index >= 15 is 0 Å². The minimum absolute atomic E-state index is 0. The van der Waals surface area contributed by atoms with Gasteiger partial charge in [0.15, 0.2) is 0 Å². The number of benzene rings is 1. The summed E-state index contributed by atoms with van der Waals surface area (Å²) in [4.78, 5) is 31.0. The van der Waals surface area contributed by atoms with Gasteiger partial charge in [0.05, 0.1) is 0 Å². The molecule has 0 aliphatic carbocycles. The molecule has 7 heteroatoms. The van der Waals surface area contributed by atoms with Gasteiger partial charge in [-0.15, -0.1) is 0 Å². The minimum atomic E-state index is -0.893. The maximum Gasteiger partial charge on any atom is 3.00 e. The first-order valence-corrected chi connectivity index (χ1v) is 14.2. The number of carboxylic acid groups (broad SMARTS) is 3. The smallest absolute Gasteiger partial charge is 0.550 e. The number of carbonyl (C=O) groups excluding carboxylic acids is 3. The zero-order valence-electron chi connectivity index (χ0n) is 25.1. The van der Waals surface area contributed by atoms with Gasteiger partial charge < -0.3 is 29.7 Å². The molecule has 0 N–H and O–H groups in total. The van der Waals surface area contributed by atoms with Crippen molar-refractivity contribution < 1.29 is 29.7 Å². The average Bonchev–Trinajstić information content (AvgIpc) is 2.86. The van der Waals surface area contributed by atoms with Gasteiger partial charge >= 0.3 is 25.8 Å². The van der Waals surface area contributed by atoms with Crippen LogP contribution in [0.1, 0.15) is 124 Å². The number of hydrogen-bond acceptors (Lipinski definition) is 6. The topological polar surface area (TPSA) is 120 Å². The second kappa shape index (κ2) is 31.7. The SMILES string of the molecule is CCCCC(CC)C(=O)[O-].CCCCC(CC)C(=O)[O-].CCCCC(CC)C(=O)[O-].Cc1ccccc1.[In+3]. The summed E-state index contributed by atoms with van der Waals surface area (Å²) in [6.45, 7) is 13.9. The van der Waals surface area contributed by atoms with Crippen molar-refractivity contribution in [2.75, 3.05) is 0 Å². The van der Waals surface area contributed by atoms with Crippen LogP contribution < -0.4 is 15.3 Å². The van der Waals surface area contributed by atoms with Crippen molar-refractivity contribution >= 4 is 43.8 Å². The van der Waals surface area contributed by atoms with E-state index in [2.05, 4.69) is 39.8 Å². The maximum atomic E-state index is 10.3. The van der Waals surface area contributed by atoms with Crippen LogP contribution in [-0.4, -0.2) is 43.8 Å². The van der Waals surface area contributed by atoms with Gasteiger partial charge in [-0.3, -0.25) is 0 Å². The molecule has 0 saturated heterocycles. The molecule has 3 atom stereocenters. The van der Waals surface area contributed by atoms with Gasteiger partial charge in [-0.05, 0) is 63.2 Å². The summed E-state index contributed by atoms with van der Waals surface area (Å²) in [6.07, 6.45) is 10.6. The van der Waals surface area contributed by atoms with Crippen molar-refractivity contribution in [1.82, 2.24) is 0 Å². The van der Waals surface area contributed by atoms with Gasteiger partial charge in [0.1, 0.15) is 0 Å². The average molecular weight is 637 g/mol. The Morgan fingerprint density at radius 3 is 0.974 bits per heavy atom. The van der Waals surface area contributed by atoms with Crippen molar-refractivity contribution in [3.63, 3.8) is 0 Å². The van der Waals surface area contributed by atoms with Crippen LogP contribution in [-0.2, 0) is 14.4 Å². The largest absolute Gasteiger partial charge is 3.00 e. The Labute approximate surface area is 251 Å².